The number of nitrogen functional groups attached to an aromatic ring is 1. The molecule has 0 aliphatic heterocycles. The van der Waals surface area contributed by atoms with Gasteiger partial charge >= 0.3 is 5.97 Å². The lowest BCUT2D eigenvalue weighted by atomic mass is 9.97. The van der Waals surface area contributed by atoms with Crippen LogP contribution >= 0.6 is 22.7 Å². The third-order valence-electron chi connectivity index (χ3n) is 4.87. The number of pyridine rings is 1. The summed E-state index contributed by atoms with van der Waals surface area (Å²) in [5.74, 6) is -0.314. The highest BCUT2D eigenvalue weighted by atomic mass is 32.1. The molecule has 3 aromatic heterocycles. The number of fused-ring (bicyclic) bond motifs is 2. The smallest absolute Gasteiger partial charge is 0.350 e. The molecular weight excluding hydrogens is 364 g/mol. The second-order valence-electron chi connectivity index (χ2n) is 6.68. The van der Waals surface area contributed by atoms with E-state index in [2.05, 4.69) is 22.5 Å². The zero-order valence-corrected chi connectivity index (χ0v) is 16.5. The summed E-state index contributed by atoms with van der Waals surface area (Å²) in [7, 11) is 0. The van der Waals surface area contributed by atoms with E-state index in [1.165, 1.54) is 52.3 Å². The lowest BCUT2D eigenvalue weighted by Crippen LogP contribution is -2.15. The predicted octanol–water partition coefficient (Wildman–Crippen LogP) is 4.86. The van der Waals surface area contributed by atoms with Crippen molar-refractivity contribution in [3.63, 3.8) is 0 Å². The zero-order valence-electron chi connectivity index (χ0n) is 14.9. The first kappa shape index (κ1) is 17.5. The van der Waals surface area contributed by atoms with Gasteiger partial charge in [0.25, 0.3) is 4.83 Å². The Kier molecular flexibility index (Phi) is 4.96. The fourth-order valence-electron chi connectivity index (χ4n) is 3.67. The van der Waals surface area contributed by atoms with Gasteiger partial charge in [-0.05, 0) is 37.1 Å². The van der Waals surface area contributed by atoms with Crippen LogP contribution in [-0.2, 0) is 17.6 Å². The van der Waals surface area contributed by atoms with Crippen molar-refractivity contribution in [2.24, 2.45) is 0 Å². The number of aryl methyl sites for hydroxylation is 1. The Morgan fingerprint density at radius 3 is 2.92 bits per heavy atom. The van der Waals surface area contributed by atoms with Crippen LogP contribution in [0.4, 0.5) is 5.69 Å². The number of hydrogen-bond donors (Lipinski definition) is 1. The molecule has 0 aromatic carbocycles. The third kappa shape index (κ3) is 3.01. The molecule has 4 nitrogen and oxygen atoms in total. The fraction of sp³-hybridized carbons (Fsp3) is 0.400. The molecule has 0 amide bonds. The summed E-state index contributed by atoms with van der Waals surface area (Å²) in [4.78, 5) is 18.8. The molecule has 0 spiro atoms. The number of hydrogen-bond acceptors (Lipinski definition) is 5. The highest BCUT2D eigenvalue weighted by Crippen LogP contribution is 2.43. The topological polar surface area (TPSA) is 66.5 Å². The summed E-state index contributed by atoms with van der Waals surface area (Å²) < 4.78 is 5.34. The van der Waals surface area contributed by atoms with Crippen molar-refractivity contribution in [2.75, 3.05) is 12.3 Å². The van der Waals surface area contributed by atoms with Gasteiger partial charge in [0.05, 0.1) is 17.7 Å². The van der Waals surface area contributed by atoms with Crippen LogP contribution in [0, 0.1) is 0 Å². The van der Waals surface area contributed by atoms with Crippen LogP contribution in [0.15, 0.2) is 17.5 Å². The molecule has 0 atom stereocenters. The van der Waals surface area contributed by atoms with E-state index < -0.39 is 0 Å². The van der Waals surface area contributed by atoms with E-state index in [4.69, 9.17) is 10.5 Å². The van der Waals surface area contributed by atoms with Gasteiger partial charge in [0.15, 0.2) is 5.69 Å². The van der Waals surface area contributed by atoms with Crippen LogP contribution in [0.3, 0.4) is 0 Å². The lowest BCUT2D eigenvalue weighted by molar-refractivity contribution is -0.355. The van der Waals surface area contributed by atoms with E-state index in [9.17, 15) is 4.79 Å². The summed E-state index contributed by atoms with van der Waals surface area (Å²) >= 11 is 3.15. The molecule has 3 aromatic rings. The molecule has 0 radical (unpaired) electrons. The Labute approximate surface area is 161 Å². The van der Waals surface area contributed by atoms with Crippen molar-refractivity contribution in [1.82, 2.24) is 0 Å². The molecule has 136 valence electrons. The molecule has 1 aliphatic carbocycles. The SMILES string of the molecule is CCCOC(=O)c1sc2[nH+]c3c(c(-c4cccs4)c2c1N)CCCCC3. The second-order valence-corrected chi connectivity index (χ2v) is 8.65. The van der Waals surface area contributed by atoms with E-state index in [0.29, 0.717) is 17.2 Å². The number of carbonyl (C=O) groups excluding carboxylic acids is 1. The number of anilines is 1. The molecule has 0 saturated heterocycles. The van der Waals surface area contributed by atoms with Crippen molar-refractivity contribution < 1.29 is 14.5 Å². The van der Waals surface area contributed by atoms with Crippen molar-refractivity contribution >= 4 is 44.5 Å². The molecule has 6 heteroatoms. The summed E-state index contributed by atoms with van der Waals surface area (Å²) in [6, 6.07) is 4.22. The second kappa shape index (κ2) is 7.37. The number of carbonyl (C=O) groups is 1. The lowest BCUT2D eigenvalue weighted by Gasteiger charge is -2.09. The van der Waals surface area contributed by atoms with Crippen LogP contribution in [-0.4, -0.2) is 12.6 Å². The van der Waals surface area contributed by atoms with Gasteiger partial charge in [0, 0.05) is 22.4 Å². The first-order chi connectivity index (χ1) is 12.7. The van der Waals surface area contributed by atoms with E-state index in [-0.39, 0.29) is 5.97 Å². The zero-order chi connectivity index (χ0) is 18.1. The maximum absolute atomic E-state index is 12.5. The van der Waals surface area contributed by atoms with Crippen LogP contribution in [0.2, 0.25) is 0 Å². The van der Waals surface area contributed by atoms with Crippen molar-refractivity contribution in [3.8, 4) is 10.4 Å². The van der Waals surface area contributed by atoms with Crippen LogP contribution in [0.1, 0.15) is 53.5 Å². The highest BCUT2D eigenvalue weighted by Gasteiger charge is 2.29. The monoisotopic (exact) mass is 387 g/mol. The van der Waals surface area contributed by atoms with Gasteiger partial charge in [-0.3, -0.25) is 0 Å². The summed E-state index contributed by atoms with van der Waals surface area (Å²) in [6.07, 6.45) is 6.56. The molecule has 3 heterocycles. The van der Waals surface area contributed by atoms with Gasteiger partial charge in [-0.15, -0.1) is 11.3 Å². The number of thiophene rings is 2. The van der Waals surface area contributed by atoms with Gasteiger partial charge < -0.3 is 10.5 Å². The summed E-state index contributed by atoms with van der Waals surface area (Å²) in [5, 5.41) is 3.08. The molecule has 0 bridgehead atoms. The van der Waals surface area contributed by atoms with Crippen molar-refractivity contribution in [3.05, 3.63) is 33.6 Å². The Balaban J connectivity index is 1.96. The molecule has 3 N–H and O–H groups in total. The Morgan fingerprint density at radius 1 is 1.31 bits per heavy atom. The van der Waals surface area contributed by atoms with E-state index >= 15 is 0 Å². The minimum absolute atomic E-state index is 0.314. The molecule has 26 heavy (non-hydrogen) atoms. The largest absolute Gasteiger partial charge is 0.461 e. The Hall–Kier alpha value is -1.92. The van der Waals surface area contributed by atoms with E-state index in [0.717, 1.165) is 29.5 Å². The number of H-pyrrole nitrogens is 1. The van der Waals surface area contributed by atoms with Crippen LogP contribution in [0.25, 0.3) is 20.7 Å². The third-order valence-corrected chi connectivity index (χ3v) is 6.86. The maximum Gasteiger partial charge on any atom is 0.350 e. The highest BCUT2D eigenvalue weighted by molar-refractivity contribution is 7.21. The van der Waals surface area contributed by atoms with Gasteiger partial charge in [-0.1, -0.05) is 30.7 Å². The molecule has 0 saturated carbocycles. The van der Waals surface area contributed by atoms with Gasteiger partial charge in [-0.2, -0.15) is 4.98 Å². The first-order valence-corrected chi connectivity index (χ1v) is 10.9. The standard InChI is InChI=1S/C20H22N2O2S2/c1-2-10-24-20(23)18-17(21)16-15(14-9-6-11-25-14)12-7-4-3-5-8-13(12)22-19(16)26-18/h6,9,11H,2-5,7-8,10,21H2,1H3/p+1. The van der Waals surface area contributed by atoms with Crippen LogP contribution < -0.4 is 10.7 Å². The number of esters is 1. The molecule has 1 aliphatic rings. The van der Waals surface area contributed by atoms with Gasteiger partial charge in [-0.25, -0.2) is 4.79 Å². The Morgan fingerprint density at radius 2 is 2.15 bits per heavy atom. The Bertz CT molecular complexity index is 945. The average molecular weight is 388 g/mol. The van der Waals surface area contributed by atoms with Gasteiger partial charge in [0.2, 0.25) is 0 Å². The number of nitrogens with one attached hydrogen (secondary N) is 1. The van der Waals surface area contributed by atoms with E-state index in [1.807, 2.05) is 6.92 Å². The normalized spacial score (nSPS) is 14.2. The van der Waals surface area contributed by atoms with E-state index in [1.54, 1.807) is 11.3 Å². The molecular formula is C20H23N2O2S2+. The summed E-state index contributed by atoms with van der Waals surface area (Å²) in [6.45, 7) is 2.41. The number of aromatic nitrogens is 1. The number of ether oxygens (including phenoxy) is 1. The quantitative estimate of drug-likeness (QED) is 0.513. The first-order valence-electron chi connectivity index (χ1n) is 9.20. The predicted molar refractivity (Wildman–Crippen MR) is 108 cm³/mol. The fourth-order valence-corrected chi connectivity index (χ4v) is 5.52. The minimum Gasteiger partial charge on any atom is -0.461 e. The minimum atomic E-state index is -0.314. The molecule has 0 fully saturated rings. The maximum atomic E-state index is 12.5. The van der Waals surface area contributed by atoms with Crippen LogP contribution in [0.5, 0.6) is 0 Å². The number of rotatable bonds is 4. The van der Waals surface area contributed by atoms with Crippen molar-refractivity contribution in [1.29, 1.82) is 0 Å². The van der Waals surface area contributed by atoms with Crippen molar-refractivity contribution in [2.45, 2.75) is 45.4 Å². The summed E-state index contributed by atoms with van der Waals surface area (Å²) in [5.41, 5.74) is 10.9. The number of aromatic amines is 1. The molecule has 0 unspecified atom stereocenters. The molecule has 4 rings (SSSR count). The average Bonchev–Trinajstić information content (AvgIpc) is 3.21. The van der Waals surface area contributed by atoms with Gasteiger partial charge in [0.1, 0.15) is 4.88 Å². The number of nitrogens with two attached hydrogens (primary N) is 1.